The highest BCUT2D eigenvalue weighted by Gasteiger charge is 2.24. The Morgan fingerprint density at radius 2 is 1.61 bits per heavy atom. The molecule has 0 radical (unpaired) electrons. The van der Waals surface area contributed by atoms with Crippen molar-refractivity contribution < 1.29 is 0 Å². The summed E-state index contributed by atoms with van der Waals surface area (Å²) in [5.41, 5.74) is 12.1. The molecule has 0 atom stereocenters. The molecule has 5 rings (SSSR count). The zero-order valence-corrected chi connectivity index (χ0v) is 19.3. The molecule has 0 unspecified atom stereocenters. The molecule has 0 spiro atoms. The lowest BCUT2D eigenvalue weighted by Gasteiger charge is -2.17. The number of aryl methyl sites for hydroxylation is 1. The first-order valence-corrected chi connectivity index (χ1v) is 11.6. The van der Waals surface area contributed by atoms with Crippen molar-refractivity contribution in [3.63, 3.8) is 0 Å². The van der Waals surface area contributed by atoms with E-state index in [9.17, 15) is 0 Å². The quantitative estimate of drug-likeness (QED) is 0.294. The highest BCUT2D eigenvalue weighted by Crippen LogP contribution is 2.43. The average molecular weight is 406 g/mol. The average Bonchev–Trinajstić information content (AvgIpc) is 3.11. The Morgan fingerprint density at radius 1 is 0.839 bits per heavy atom. The van der Waals surface area contributed by atoms with Crippen LogP contribution in [0, 0.1) is 12.8 Å². The van der Waals surface area contributed by atoms with E-state index in [0.717, 1.165) is 18.5 Å². The predicted molar refractivity (Wildman–Crippen MR) is 133 cm³/mol. The first-order chi connectivity index (χ1) is 14.9. The van der Waals surface area contributed by atoms with Gasteiger partial charge in [-0.1, -0.05) is 76.2 Å². The van der Waals surface area contributed by atoms with E-state index in [0.29, 0.717) is 11.8 Å². The third-order valence-electron chi connectivity index (χ3n) is 6.61. The number of fused-ring (bicyclic) bond motifs is 4. The molecular formula is C30H31N. The minimum absolute atomic E-state index is 0.519. The Hall–Kier alpha value is -2.93. The van der Waals surface area contributed by atoms with E-state index >= 15 is 0 Å². The molecule has 1 aromatic heterocycles. The lowest BCUT2D eigenvalue weighted by atomic mass is 9.90. The number of benzene rings is 3. The Labute approximate surface area is 186 Å². The van der Waals surface area contributed by atoms with Crippen LogP contribution in [0.3, 0.4) is 0 Å². The molecule has 1 aliphatic rings. The van der Waals surface area contributed by atoms with Gasteiger partial charge >= 0.3 is 0 Å². The topological polar surface area (TPSA) is 12.9 Å². The minimum atomic E-state index is 0.519. The molecule has 0 fully saturated rings. The second-order valence-corrected chi connectivity index (χ2v) is 9.86. The molecule has 0 saturated heterocycles. The summed E-state index contributed by atoms with van der Waals surface area (Å²) < 4.78 is 0. The molecule has 0 amide bonds. The monoisotopic (exact) mass is 405 g/mol. The number of nitrogens with zero attached hydrogens (tertiary/aromatic N) is 1. The maximum atomic E-state index is 5.09. The summed E-state index contributed by atoms with van der Waals surface area (Å²) in [5, 5.41) is 2.65. The fourth-order valence-electron chi connectivity index (χ4n) is 5.08. The lowest BCUT2D eigenvalue weighted by Crippen LogP contribution is -2.00. The van der Waals surface area contributed by atoms with Crippen molar-refractivity contribution in [2.24, 2.45) is 5.92 Å². The summed E-state index contributed by atoms with van der Waals surface area (Å²) in [6.45, 7) is 11.3. The molecule has 0 saturated carbocycles. The van der Waals surface area contributed by atoms with Crippen molar-refractivity contribution in [2.75, 3.05) is 0 Å². The largest absolute Gasteiger partial charge is 0.255 e. The van der Waals surface area contributed by atoms with Gasteiger partial charge in [-0.05, 0) is 82.0 Å². The molecule has 3 aromatic carbocycles. The van der Waals surface area contributed by atoms with Crippen molar-refractivity contribution in [3.8, 4) is 22.4 Å². The van der Waals surface area contributed by atoms with Gasteiger partial charge in [-0.3, -0.25) is 4.98 Å². The summed E-state index contributed by atoms with van der Waals surface area (Å²) in [5.74, 6) is 1.13. The molecule has 0 aliphatic heterocycles. The van der Waals surface area contributed by atoms with Gasteiger partial charge in [-0.2, -0.15) is 0 Å². The summed E-state index contributed by atoms with van der Waals surface area (Å²) in [7, 11) is 0. The van der Waals surface area contributed by atoms with Crippen molar-refractivity contribution in [1.82, 2.24) is 4.98 Å². The zero-order chi connectivity index (χ0) is 21.7. The summed E-state index contributed by atoms with van der Waals surface area (Å²) >= 11 is 0. The standard InChI is InChI=1S/C30H31N/c1-18(2)12-23-17-31-30(25-11-10-21(19(3)4)15-26(23)25)29-14-20(5)13-27-24-9-7-6-8-22(24)16-28(27)29/h6-11,13-15,17-19H,12,16H2,1-5H3. The molecule has 0 N–H and O–H groups in total. The second kappa shape index (κ2) is 7.64. The van der Waals surface area contributed by atoms with Crippen LogP contribution in [0.1, 0.15) is 61.4 Å². The number of rotatable bonds is 4. The second-order valence-electron chi connectivity index (χ2n) is 9.86. The molecule has 4 aromatic rings. The summed E-state index contributed by atoms with van der Waals surface area (Å²) in [6, 6.07) is 20.5. The number of hydrogen-bond acceptors (Lipinski definition) is 1. The van der Waals surface area contributed by atoms with Gasteiger partial charge in [0.05, 0.1) is 5.69 Å². The van der Waals surface area contributed by atoms with E-state index in [1.165, 1.54) is 55.3 Å². The fourth-order valence-corrected chi connectivity index (χ4v) is 5.08. The first kappa shape index (κ1) is 20.0. The summed E-state index contributed by atoms with van der Waals surface area (Å²) in [6.07, 6.45) is 4.18. The van der Waals surface area contributed by atoms with E-state index in [-0.39, 0.29) is 0 Å². The normalized spacial score (nSPS) is 12.6. The van der Waals surface area contributed by atoms with Crippen molar-refractivity contribution in [3.05, 3.63) is 88.6 Å². The predicted octanol–water partition coefficient (Wildman–Crippen LogP) is 8.10. The Balaban J connectivity index is 1.76. The van der Waals surface area contributed by atoms with Gasteiger partial charge in [0.15, 0.2) is 0 Å². The molecule has 1 heterocycles. The third-order valence-corrected chi connectivity index (χ3v) is 6.61. The summed E-state index contributed by atoms with van der Waals surface area (Å²) in [4.78, 5) is 5.09. The van der Waals surface area contributed by atoms with E-state index in [1.807, 2.05) is 0 Å². The van der Waals surface area contributed by atoms with Crippen LogP contribution < -0.4 is 0 Å². The zero-order valence-electron chi connectivity index (χ0n) is 19.3. The third kappa shape index (κ3) is 3.47. The Morgan fingerprint density at radius 3 is 2.39 bits per heavy atom. The van der Waals surface area contributed by atoms with Crippen LogP contribution in [0.4, 0.5) is 0 Å². The Bertz CT molecular complexity index is 1290. The smallest absolute Gasteiger partial charge is 0.0783 e. The minimum Gasteiger partial charge on any atom is -0.255 e. The van der Waals surface area contributed by atoms with E-state index in [1.54, 1.807) is 0 Å². The highest BCUT2D eigenvalue weighted by atomic mass is 14.7. The number of pyridine rings is 1. The van der Waals surface area contributed by atoms with Gasteiger partial charge in [0.25, 0.3) is 0 Å². The van der Waals surface area contributed by atoms with Gasteiger partial charge in [0.1, 0.15) is 0 Å². The van der Waals surface area contributed by atoms with Crippen LogP contribution in [0.25, 0.3) is 33.2 Å². The van der Waals surface area contributed by atoms with Gasteiger partial charge in [-0.25, -0.2) is 0 Å². The molecule has 31 heavy (non-hydrogen) atoms. The van der Waals surface area contributed by atoms with Gasteiger partial charge in [0, 0.05) is 17.1 Å². The molecule has 156 valence electrons. The van der Waals surface area contributed by atoms with Crippen LogP contribution in [0.2, 0.25) is 0 Å². The van der Waals surface area contributed by atoms with Crippen LogP contribution in [0.15, 0.2) is 60.8 Å². The highest BCUT2D eigenvalue weighted by molar-refractivity contribution is 5.99. The van der Waals surface area contributed by atoms with E-state index in [4.69, 9.17) is 4.98 Å². The molecule has 1 aliphatic carbocycles. The van der Waals surface area contributed by atoms with Gasteiger partial charge in [-0.15, -0.1) is 0 Å². The van der Waals surface area contributed by atoms with Gasteiger partial charge < -0.3 is 0 Å². The van der Waals surface area contributed by atoms with Crippen molar-refractivity contribution in [1.29, 1.82) is 0 Å². The van der Waals surface area contributed by atoms with E-state index < -0.39 is 0 Å². The number of aromatic nitrogens is 1. The molecule has 0 bridgehead atoms. The number of hydrogen-bond donors (Lipinski definition) is 0. The van der Waals surface area contributed by atoms with Crippen LogP contribution in [-0.2, 0) is 12.8 Å². The molecule has 1 heteroatoms. The molecule has 1 nitrogen and oxygen atoms in total. The van der Waals surface area contributed by atoms with Crippen molar-refractivity contribution >= 4 is 10.8 Å². The van der Waals surface area contributed by atoms with Crippen molar-refractivity contribution in [2.45, 2.75) is 53.4 Å². The SMILES string of the molecule is Cc1cc2c(c(-c3ncc(CC(C)C)c4cc(C(C)C)ccc34)c1)Cc1ccccc1-2. The van der Waals surface area contributed by atoms with Crippen LogP contribution in [-0.4, -0.2) is 4.98 Å². The Kier molecular flexibility index (Phi) is 4.93. The fraction of sp³-hybridized carbons (Fsp3) is 0.300. The molecular weight excluding hydrogens is 374 g/mol. The lowest BCUT2D eigenvalue weighted by molar-refractivity contribution is 0.649. The first-order valence-electron chi connectivity index (χ1n) is 11.6. The van der Waals surface area contributed by atoms with Gasteiger partial charge in [0.2, 0.25) is 0 Å². The van der Waals surface area contributed by atoms with Crippen LogP contribution in [0.5, 0.6) is 0 Å². The van der Waals surface area contributed by atoms with Crippen LogP contribution >= 0.6 is 0 Å². The maximum Gasteiger partial charge on any atom is 0.0783 e. The maximum absolute atomic E-state index is 5.09. The van der Waals surface area contributed by atoms with E-state index in [2.05, 4.69) is 95.4 Å².